The van der Waals surface area contributed by atoms with Gasteiger partial charge < -0.3 is 5.11 Å². The predicted molar refractivity (Wildman–Crippen MR) is 46.2 cm³/mol. The molecule has 2 nitrogen and oxygen atoms in total. The quantitative estimate of drug-likeness (QED) is 0.627. The zero-order valence-corrected chi connectivity index (χ0v) is 7.75. The van der Waals surface area contributed by atoms with Crippen molar-refractivity contribution in [2.24, 2.45) is 5.92 Å². The van der Waals surface area contributed by atoms with E-state index in [0.29, 0.717) is 6.04 Å². The summed E-state index contributed by atoms with van der Waals surface area (Å²) in [6.45, 7) is 4.07. The molecule has 1 rings (SSSR count). The normalized spacial score (nSPS) is 33.5. The van der Waals surface area contributed by atoms with Gasteiger partial charge in [0.15, 0.2) is 0 Å². The van der Waals surface area contributed by atoms with Gasteiger partial charge in [-0.25, -0.2) is 0 Å². The van der Waals surface area contributed by atoms with E-state index in [1.807, 2.05) is 14.0 Å². The third-order valence-corrected chi connectivity index (χ3v) is 3.01. The third-order valence-electron chi connectivity index (χ3n) is 3.01. The van der Waals surface area contributed by atoms with Crippen molar-refractivity contribution in [2.45, 2.75) is 45.4 Å². The van der Waals surface area contributed by atoms with Crippen LogP contribution < -0.4 is 0 Å². The summed E-state index contributed by atoms with van der Waals surface area (Å²) in [6, 6.07) is 0.639. The number of nitrogens with zero attached hydrogens (tertiary/aromatic N) is 1. The van der Waals surface area contributed by atoms with Crippen molar-refractivity contribution in [1.82, 2.24) is 4.90 Å². The van der Waals surface area contributed by atoms with Crippen molar-refractivity contribution >= 4 is 0 Å². The Bertz CT molecular complexity index is 123. The van der Waals surface area contributed by atoms with Crippen LogP contribution in [-0.4, -0.2) is 29.3 Å². The lowest BCUT2D eigenvalue weighted by atomic mass is 9.77. The number of aliphatic hydroxyl groups is 1. The first-order chi connectivity index (χ1) is 5.16. The zero-order chi connectivity index (χ0) is 8.43. The molecule has 1 aliphatic carbocycles. The first-order valence-electron chi connectivity index (χ1n) is 4.56. The van der Waals surface area contributed by atoms with Gasteiger partial charge in [0.2, 0.25) is 0 Å². The number of rotatable bonds is 3. The lowest BCUT2D eigenvalue weighted by molar-refractivity contribution is -0.0421. The Hall–Kier alpha value is -0.0800. The van der Waals surface area contributed by atoms with Crippen LogP contribution in [0, 0.1) is 5.92 Å². The first kappa shape index (κ1) is 9.01. The van der Waals surface area contributed by atoms with Gasteiger partial charge in [0.05, 0.1) is 0 Å². The van der Waals surface area contributed by atoms with Crippen LogP contribution in [0.15, 0.2) is 0 Å². The van der Waals surface area contributed by atoms with E-state index >= 15 is 0 Å². The van der Waals surface area contributed by atoms with Crippen LogP contribution >= 0.6 is 0 Å². The summed E-state index contributed by atoms with van der Waals surface area (Å²) < 4.78 is 0. The van der Waals surface area contributed by atoms with E-state index in [0.717, 1.165) is 5.92 Å². The summed E-state index contributed by atoms with van der Waals surface area (Å²) in [5.41, 5.74) is 0. The molecule has 0 aromatic carbocycles. The average molecular weight is 157 g/mol. The Morgan fingerprint density at radius 1 is 1.55 bits per heavy atom. The number of hydrogen-bond donors (Lipinski definition) is 1. The highest BCUT2D eigenvalue weighted by molar-refractivity contribution is 4.86. The molecule has 1 fully saturated rings. The van der Waals surface area contributed by atoms with Gasteiger partial charge in [-0.2, -0.15) is 0 Å². The molecule has 0 amide bonds. The van der Waals surface area contributed by atoms with E-state index < -0.39 is 0 Å². The molecule has 11 heavy (non-hydrogen) atoms. The van der Waals surface area contributed by atoms with Crippen LogP contribution in [0.2, 0.25) is 0 Å². The highest BCUT2D eigenvalue weighted by Gasteiger charge is 2.33. The highest BCUT2D eigenvalue weighted by Crippen LogP contribution is 2.34. The van der Waals surface area contributed by atoms with E-state index in [1.54, 1.807) is 0 Å². The Morgan fingerprint density at radius 3 is 2.45 bits per heavy atom. The molecule has 1 aliphatic rings. The summed E-state index contributed by atoms with van der Waals surface area (Å²) >= 11 is 0. The van der Waals surface area contributed by atoms with Crippen LogP contribution in [0.1, 0.15) is 33.1 Å². The molecule has 0 spiro atoms. The molecule has 0 aliphatic heterocycles. The second-order valence-corrected chi connectivity index (χ2v) is 3.61. The van der Waals surface area contributed by atoms with Crippen molar-refractivity contribution in [3.8, 4) is 0 Å². The molecular weight excluding hydrogens is 138 g/mol. The van der Waals surface area contributed by atoms with Crippen molar-refractivity contribution < 1.29 is 5.11 Å². The van der Waals surface area contributed by atoms with Crippen molar-refractivity contribution in [2.75, 3.05) is 7.05 Å². The minimum atomic E-state index is -0.283. The Kier molecular flexibility index (Phi) is 2.90. The molecule has 1 N–H and O–H groups in total. The summed E-state index contributed by atoms with van der Waals surface area (Å²) in [5, 5.41) is 9.30. The highest BCUT2D eigenvalue weighted by atomic mass is 16.3. The second-order valence-electron chi connectivity index (χ2n) is 3.61. The summed E-state index contributed by atoms with van der Waals surface area (Å²) in [6.07, 6.45) is 3.58. The van der Waals surface area contributed by atoms with Gasteiger partial charge in [-0.3, -0.25) is 4.90 Å². The lowest BCUT2D eigenvalue weighted by Gasteiger charge is -2.43. The molecular formula is C9H19NO. The molecule has 0 saturated heterocycles. The van der Waals surface area contributed by atoms with Crippen molar-refractivity contribution in [3.05, 3.63) is 0 Å². The fourth-order valence-electron chi connectivity index (χ4n) is 1.84. The maximum atomic E-state index is 9.30. The van der Waals surface area contributed by atoms with Crippen molar-refractivity contribution in [3.63, 3.8) is 0 Å². The fourth-order valence-corrected chi connectivity index (χ4v) is 1.84. The lowest BCUT2D eigenvalue weighted by Crippen LogP contribution is -2.48. The predicted octanol–water partition coefficient (Wildman–Crippen LogP) is 1.45. The Morgan fingerprint density at radius 2 is 2.18 bits per heavy atom. The summed E-state index contributed by atoms with van der Waals surface area (Å²) in [4.78, 5) is 2.08. The first-order valence-corrected chi connectivity index (χ1v) is 4.56. The SMILES string of the molecule is CCC1CCC1N(C)C(C)O. The topological polar surface area (TPSA) is 23.5 Å². The molecule has 1 saturated carbocycles. The Balaban J connectivity index is 2.35. The van der Waals surface area contributed by atoms with Gasteiger partial charge in [0, 0.05) is 6.04 Å². The third kappa shape index (κ3) is 1.74. The Labute approximate surface area is 69.2 Å². The second kappa shape index (κ2) is 3.55. The molecule has 0 aromatic heterocycles. The molecule has 0 heterocycles. The van der Waals surface area contributed by atoms with Crippen LogP contribution in [0.4, 0.5) is 0 Å². The maximum Gasteiger partial charge on any atom is 0.104 e. The fraction of sp³-hybridized carbons (Fsp3) is 1.00. The smallest absolute Gasteiger partial charge is 0.104 e. The largest absolute Gasteiger partial charge is 0.379 e. The molecule has 3 unspecified atom stereocenters. The minimum absolute atomic E-state index is 0.283. The van der Waals surface area contributed by atoms with Gasteiger partial charge in [0.25, 0.3) is 0 Å². The molecule has 0 radical (unpaired) electrons. The minimum Gasteiger partial charge on any atom is -0.379 e. The van der Waals surface area contributed by atoms with Gasteiger partial charge in [-0.15, -0.1) is 0 Å². The van der Waals surface area contributed by atoms with Gasteiger partial charge >= 0.3 is 0 Å². The summed E-state index contributed by atoms with van der Waals surface area (Å²) in [5.74, 6) is 0.828. The van der Waals surface area contributed by atoms with E-state index in [-0.39, 0.29) is 6.23 Å². The molecule has 0 aromatic rings. The molecule has 3 atom stereocenters. The number of aliphatic hydroxyl groups excluding tert-OH is 1. The van der Waals surface area contributed by atoms with Crippen LogP contribution in [0.25, 0.3) is 0 Å². The molecule has 66 valence electrons. The number of hydrogen-bond acceptors (Lipinski definition) is 2. The summed E-state index contributed by atoms with van der Waals surface area (Å²) in [7, 11) is 2.01. The monoisotopic (exact) mass is 157 g/mol. The van der Waals surface area contributed by atoms with Gasteiger partial charge in [-0.1, -0.05) is 13.3 Å². The molecule has 0 bridgehead atoms. The van der Waals surface area contributed by atoms with E-state index in [2.05, 4.69) is 11.8 Å². The van der Waals surface area contributed by atoms with Crippen LogP contribution in [0.5, 0.6) is 0 Å². The zero-order valence-electron chi connectivity index (χ0n) is 7.75. The van der Waals surface area contributed by atoms with E-state index in [1.165, 1.54) is 19.3 Å². The van der Waals surface area contributed by atoms with Crippen LogP contribution in [0.3, 0.4) is 0 Å². The standard InChI is InChI=1S/C9H19NO/c1-4-8-5-6-9(8)10(3)7(2)11/h7-9,11H,4-6H2,1-3H3. The van der Waals surface area contributed by atoms with Gasteiger partial charge in [0.1, 0.15) is 6.23 Å². The van der Waals surface area contributed by atoms with E-state index in [9.17, 15) is 5.11 Å². The van der Waals surface area contributed by atoms with Crippen LogP contribution in [-0.2, 0) is 0 Å². The molecule has 2 heteroatoms. The van der Waals surface area contributed by atoms with E-state index in [4.69, 9.17) is 0 Å². The van der Waals surface area contributed by atoms with Crippen molar-refractivity contribution in [1.29, 1.82) is 0 Å². The maximum absolute atomic E-state index is 9.30. The average Bonchev–Trinajstić information content (AvgIpc) is 1.86. The van der Waals surface area contributed by atoms with Gasteiger partial charge in [-0.05, 0) is 32.7 Å².